The molecule has 0 bridgehead atoms. The number of phenols is 1. The van der Waals surface area contributed by atoms with Crippen LogP contribution < -0.4 is 5.73 Å². The van der Waals surface area contributed by atoms with E-state index in [-0.39, 0.29) is 11.7 Å². The van der Waals surface area contributed by atoms with Crippen LogP contribution in [0.3, 0.4) is 0 Å². The Kier molecular flexibility index (Phi) is 3.22. The van der Waals surface area contributed by atoms with Crippen LogP contribution in [-0.2, 0) is 0 Å². The molecule has 4 heteroatoms. The first-order valence-electron chi connectivity index (χ1n) is 5.15. The van der Waals surface area contributed by atoms with Crippen LogP contribution in [0.4, 0.5) is 0 Å². The summed E-state index contributed by atoms with van der Waals surface area (Å²) in [6, 6.07) is 7.12. The van der Waals surface area contributed by atoms with Crippen molar-refractivity contribution in [3.63, 3.8) is 0 Å². The van der Waals surface area contributed by atoms with Gasteiger partial charge in [-0.25, -0.2) is 4.98 Å². The molecular weight excluding hydrogens is 220 g/mol. The second-order valence-electron chi connectivity index (χ2n) is 3.76. The summed E-state index contributed by atoms with van der Waals surface area (Å²) >= 11 is 1.61. The summed E-state index contributed by atoms with van der Waals surface area (Å²) in [5, 5.41) is 12.4. The second kappa shape index (κ2) is 4.63. The van der Waals surface area contributed by atoms with E-state index in [1.807, 2.05) is 17.5 Å². The Morgan fingerprint density at radius 2 is 2.31 bits per heavy atom. The summed E-state index contributed by atoms with van der Waals surface area (Å²) in [6.45, 7) is 2.66. The third kappa shape index (κ3) is 2.23. The van der Waals surface area contributed by atoms with Crippen LogP contribution >= 0.6 is 11.3 Å². The summed E-state index contributed by atoms with van der Waals surface area (Å²) in [6.07, 6.45) is 0. The Hall–Kier alpha value is -1.39. The van der Waals surface area contributed by atoms with E-state index in [4.69, 9.17) is 5.73 Å². The molecule has 0 spiro atoms. The fraction of sp³-hybridized carbons (Fsp3) is 0.250. The summed E-state index contributed by atoms with van der Waals surface area (Å²) in [7, 11) is 0. The normalized spacial score (nSPS) is 12.6. The van der Waals surface area contributed by atoms with E-state index in [1.54, 1.807) is 23.5 Å². The molecule has 0 amide bonds. The SMILES string of the molecule is CC(CN)c1nc(-c2cccc(O)c2)cs1. The van der Waals surface area contributed by atoms with Gasteiger partial charge in [-0.15, -0.1) is 11.3 Å². The number of hydrogen-bond acceptors (Lipinski definition) is 4. The van der Waals surface area contributed by atoms with Crippen LogP contribution in [0.15, 0.2) is 29.6 Å². The van der Waals surface area contributed by atoms with Gasteiger partial charge in [-0.05, 0) is 12.1 Å². The van der Waals surface area contributed by atoms with Gasteiger partial charge in [-0.3, -0.25) is 0 Å². The summed E-state index contributed by atoms with van der Waals surface area (Å²) < 4.78 is 0. The van der Waals surface area contributed by atoms with Gasteiger partial charge in [-0.2, -0.15) is 0 Å². The van der Waals surface area contributed by atoms with Gasteiger partial charge in [0.25, 0.3) is 0 Å². The lowest BCUT2D eigenvalue weighted by molar-refractivity contribution is 0.475. The quantitative estimate of drug-likeness (QED) is 0.858. The van der Waals surface area contributed by atoms with Crippen molar-refractivity contribution >= 4 is 11.3 Å². The number of thiazole rings is 1. The first-order chi connectivity index (χ1) is 7.70. The number of phenolic OH excluding ortho intramolecular Hbond substituents is 1. The molecule has 0 aliphatic heterocycles. The maximum Gasteiger partial charge on any atom is 0.116 e. The minimum Gasteiger partial charge on any atom is -0.508 e. The number of nitrogens with two attached hydrogens (primary N) is 1. The Labute approximate surface area is 98.6 Å². The van der Waals surface area contributed by atoms with Gasteiger partial charge in [0.05, 0.1) is 10.7 Å². The maximum absolute atomic E-state index is 9.39. The molecule has 1 heterocycles. The van der Waals surface area contributed by atoms with Gasteiger partial charge in [-0.1, -0.05) is 19.1 Å². The number of aromatic hydroxyl groups is 1. The molecule has 0 aliphatic rings. The van der Waals surface area contributed by atoms with Crippen molar-refractivity contribution in [2.45, 2.75) is 12.8 Å². The van der Waals surface area contributed by atoms with E-state index in [1.165, 1.54) is 0 Å². The van der Waals surface area contributed by atoms with Crippen LogP contribution in [0.2, 0.25) is 0 Å². The lowest BCUT2D eigenvalue weighted by Crippen LogP contribution is -2.08. The van der Waals surface area contributed by atoms with Gasteiger partial charge in [0.15, 0.2) is 0 Å². The molecule has 1 aromatic heterocycles. The lowest BCUT2D eigenvalue weighted by Gasteiger charge is -2.02. The Balaban J connectivity index is 2.31. The van der Waals surface area contributed by atoms with Crippen molar-refractivity contribution < 1.29 is 5.11 Å². The van der Waals surface area contributed by atoms with Crippen molar-refractivity contribution in [3.05, 3.63) is 34.7 Å². The highest BCUT2D eigenvalue weighted by Gasteiger charge is 2.09. The van der Waals surface area contributed by atoms with E-state index in [2.05, 4.69) is 11.9 Å². The molecule has 2 aromatic rings. The number of nitrogens with zero attached hydrogens (tertiary/aromatic N) is 1. The molecule has 3 nitrogen and oxygen atoms in total. The molecule has 0 saturated carbocycles. The first-order valence-corrected chi connectivity index (χ1v) is 6.03. The van der Waals surface area contributed by atoms with Gasteiger partial charge in [0.2, 0.25) is 0 Å². The van der Waals surface area contributed by atoms with Gasteiger partial charge < -0.3 is 10.8 Å². The van der Waals surface area contributed by atoms with Gasteiger partial charge >= 0.3 is 0 Å². The molecule has 16 heavy (non-hydrogen) atoms. The zero-order valence-corrected chi connectivity index (χ0v) is 9.87. The van der Waals surface area contributed by atoms with Crippen molar-refractivity contribution in [2.75, 3.05) is 6.54 Å². The molecule has 0 radical (unpaired) electrons. The second-order valence-corrected chi connectivity index (χ2v) is 4.65. The zero-order valence-electron chi connectivity index (χ0n) is 9.05. The zero-order chi connectivity index (χ0) is 11.5. The highest BCUT2D eigenvalue weighted by atomic mass is 32.1. The standard InChI is InChI=1S/C12H14N2OS/c1-8(6-13)12-14-11(7-16-12)9-3-2-4-10(15)5-9/h2-5,7-8,15H,6,13H2,1H3. The number of hydrogen-bond donors (Lipinski definition) is 2. The lowest BCUT2D eigenvalue weighted by atomic mass is 10.1. The van der Waals surface area contributed by atoms with Crippen molar-refractivity contribution in [3.8, 4) is 17.0 Å². The molecule has 0 aliphatic carbocycles. The van der Waals surface area contributed by atoms with Crippen molar-refractivity contribution in [1.82, 2.24) is 4.98 Å². The largest absolute Gasteiger partial charge is 0.508 e. The van der Waals surface area contributed by atoms with Gasteiger partial charge in [0.1, 0.15) is 5.75 Å². The Morgan fingerprint density at radius 3 is 3.00 bits per heavy atom. The average molecular weight is 234 g/mol. The predicted molar refractivity (Wildman–Crippen MR) is 66.7 cm³/mol. The molecule has 1 aromatic carbocycles. The first kappa shape index (κ1) is 11.1. The molecule has 0 saturated heterocycles. The highest BCUT2D eigenvalue weighted by molar-refractivity contribution is 7.10. The molecule has 3 N–H and O–H groups in total. The van der Waals surface area contributed by atoms with Crippen molar-refractivity contribution in [1.29, 1.82) is 0 Å². The highest BCUT2D eigenvalue weighted by Crippen LogP contribution is 2.27. The molecule has 2 rings (SSSR count). The molecular formula is C12H14N2OS. The van der Waals surface area contributed by atoms with Gasteiger partial charge in [0, 0.05) is 23.4 Å². The molecule has 1 atom stereocenters. The predicted octanol–water partition coefficient (Wildman–Crippen LogP) is 2.58. The fourth-order valence-electron chi connectivity index (χ4n) is 1.41. The number of aromatic nitrogens is 1. The minimum absolute atomic E-state index is 0.263. The topological polar surface area (TPSA) is 59.1 Å². The molecule has 1 unspecified atom stereocenters. The van der Waals surface area contributed by atoms with E-state index in [0.717, 1.165) is 16.3 Å². The van der Waals surface area contributed by atoms with E-state index in [9.17, 15) is 5.11 Å². The maximum atomic E-state index is 9.39. The smallest absolute Gasteiger partial charge is 0.116 e. The third-order valence-corrected chi connectivity index (χ3v) is 3.52. The molecule has 84 valence electrons. The van der Waals surface area contributed by atoms with Crippen LogP contribution in [0.5, 0.6) is 5.75 Å². The Morgan fingerprint density at radius 1 is 1.50 bits per heavy atom. The summed E-state index contributed by atoms with van der Waals surface area (Å²) in [5.74, 6) is 0.551. The van der Waals surface area contributed by atoms with Crippen LogP contribution in [-0.4, -0.2) is 16.6 Å². The van der Waals surface area contributed by atoms with Crippen molar-refractivity contribution in [2.24, 2.45) is 5.73 Å². The fourth-order valence-corrected chi connectivity index (χ4v) is 2.31. The third-order valence-electron chi connectivity index (χ3n) is 2.44. The monoisotopic (exact) mass is 234 g/mol. The summed E-state index contributed by atoms with van der Waals surface area (Å²) in [4.78, 5) is 4.52. The van der Waals surface area contributed by atoms with E-state index < -0.39 is 0 Å². The average Bonchev–Trinajstić information content (AvgIpc) is 2.77. The van der Waals surface area contributed by atoms with Crippen LogP contribution in [0, 0.1) is 0 Å². The number of benzene rings is 1. The molecule has 0 fully saturated rings. The number of rotatable bonds is 3. The van der Waals surface area contributed by atoms with Crippen LogP contribution in [0.25, 0.3) is 11.3 Å². The minimum atomic E-state index is 0.263. The summed E-state index contributed by atoms with van der Waals surface area (Å²) in [5.41, 5.74) is 7.44. The van der Waals surface area contributed by atoms with E-state index in [0.29, 0.717) is 6.54 Å². The van der Waals surface area contributed by atoms with Crippen LogP contribution in [0.1, 0.15) is 17.8 Å². The Bertz CT molecular complexity index is 481. The van der Waals surface area contributed by atoms with E-state index >= 15 is 0 Å².